The first-order valence-corrected chi connectivity index (χ1v) is 9.92. The fraction of sp³-hybridized carbons (Fsp3) is 0.500. The highest BCUT2D eigenvalue weighted by molar-refractivity contribution is 5.95. The van der Waals surface area contributed by atoms with Crippen LogP contribution in [0.5, 0.6) is 0 Å². The number of rotatable bonds is 3. The van der Waals surface area contributed by atoms with E-state index in [-0.39, 0.29) is 23.6 Å². The van der Waals surface area contributed by atoms with Crippen LogP contribution in [0.15, 0.2) is 24.5 Å². The zero-order chi connectivity index (χ0) is 21.5. The van der Waals surface area contributed by atoms with Crippen LogP contribution in [0.3, 0.4) is 0 Å². The standard InChI is InChI=1S/C20H22F3N5O2/c1-13-16(12-25-28(13)17-6-5-15(11-24-17)20(21,22)23)19(30)27-9-7-26(8-10-27)18(29)14-3-2-4-14/h5-6,11-12,14H,2-4,7-10H2,1H3. The number of halogens is 3. The summed E-state index contributed by atoms with van der Waals surface area (Å²) >= 11 is 0. The Hall–Kier alpha value is -2.91. The molecule has 3 heterocycles. The largest absolute Gasteiger partial charge is 0.417 e. The van der Waals surface area contributed by atoms with Gasteiger partial charge >= 0.3 is 6.18 Å². The molecule has 0 atom stereocenters. The van der Waals surface area contributed by atoms with Crippen molar-refractivity contribution in [3.05, 3.63) is 41.3 Å². The average Bonchev–Trinajstić information content (AvgIpc) is 3.07. The van der Waals surface area contributed by atoms with Gasteiger partial charge in [0.15, 0.2) is 5.82 Å². The first-order chi connectivity index (χ1) is 14.3. The summed E-state index contributed by atoms with van der Waals surface area (Å²) in [7, 11) is 0. The average molecular weight is 421 g/mol. The van der Waals surface area contributed by atoms with E-state index < -0.39 is 11.7 Å². The van der Waals surface area contributed by atoms with Gasteiger partial charge in [-0.2, -0.15) is 18.3 Å². The minimum Gasteiger partial charge on any atom is -0.339 e. The van der Waals surface area contributed by atoms with E-state index in [0.29, 0.717) is 37.4 Å². The monoisotopic (exact) mass is 421 g/mol. The van der Waals surface area contributed by atoms with E-state index in [1.54, 1.807) is 11.8 Å². The second-order valence-electron chi connectivity index (χ2n) is 7.70. The Kier molecular flexibility index (Phi) is 5.25. The normalized spacial score (nSPS) is 17.7. The Labute approximate surface area is 171 Å². The van der Waals surface area contributed by atoms with Crippen molar-refractivity contribution < 1.29 is 22.8 Å². The predicted octanol–water partition coefficient (Wildman–Crippen LogP) is 2.68. The van der Waals surface area contributed by atoms with Gasteiger partial charge in [0, 0.05) is 38.3 Å². The van der Waals surface area contributed by atoms with Crippen LogP contribution in [0.25, 0.3) is 5.82 Å². The maximum atomic E-state index is 12.9. The van der Waals surface area contributed by atoms with Crippen LogP contribution in [0.2, 0.25) is 0 Å². The van der Waals surface area contributed by atoms with E-state index in [1.807, 2.05) is 4.90 Å². The number of alkyl halides is 3. The van der Waals surface area contributed by atoms with Gasteiger partial charge in [-0.15, -0.1) is 0 Å². The van der Waals surface area contributed by atoms with Crippen molar-refractivity contribution in [1.82, 2.24) is 24.6 Å². The van der Waals surface area contributed by atoms with Gasteiger partial charge < -0.3 is 9.80 Å². The number of hydrogen-bond donors (Lipinski definition) is 0. The molecule has 2 aromatic heterocycles. The van der Waals surface area contributed by atoms with E-state index in [9.17, 15) is 22.8 Å². The quantitative estimate of drug-likeness (QED) is 0.764. The smallest absolute Gasteiger partial charge is 0.339 e. The van der Waals surface area contributed by atoms with Crippen molar-refractivity contribution in [2.75, 3.05) is 26.2 Å². The number of amides is 2. The highest BCUT2D eigenvalue weighted by Gasteiger charge is 2.33. The predicted molar refractivity (Wildman–Crippen MR) is 101 cm³/mol. The van der Waals surface area contributed by atoms with Gasteiger partial charge in [0.05, 0.1) is 23.0 Å². The molecule has 1 saturated carbocycles. The summed E-state index contributed by atoms with van der Waals surface area (Å²) in [5, 5.41) is 4.14. The summed E-state index contributed by atoms with van der Waals surface area (Å²) < 4.78 is 39.5. The molecule has 0 spiro atoms. The van der Waals surface area contributed by atoms with Crippen molar-refractivity contribution in [1.29, 1.82) is 0 Å². The van der Waals surface area contributed by atoms with Crippen LogP contribution in [-0.4, -0.2) is 62.6 Å². The third-order valence-corrected chi connectivity index (χ3v) is 5.87. The van der Waals surface area contributed by atoms with Crippen LogP contribution >= 0.6 is 0 Å². The minimum atomic E-state index is -4.46. The van der Waals surface area contributed by atoms with E-state index >= 15 is 0 Å². The Morgan fingerprint density at radius 2 is 1.70 bits per heavy atom. The summed E-state index contributed by atoms with van der Waals surface area (Å²) in [4.78, 5) is 32.6. The molecule has 0 radical (unpaired) electrons. The lowest BCUT2D eigenvalue weighted by Crippen LogP contribution is -2.52. The summed E-state index contributed by atoms with van der Waals surface area (Å²) in [6.45, 7) is 3.58. The molecular formula is C20H22F3N5O2. The van der Waals surface area contributed by atoms with Crippen LogP contribution in [-0.2, 0) is 11.0 Å². The number of aromatic nitrogens is 3. The topological polar surface area (TPSA) is 71.3 Å². The first-order valence-electron chi connectivity index (χ1n) is 9.92. The van der Waals surface area contributed by atoms with Crippen molar-refractivity contribution in [3.8, 4) is 5.82 Å². The molecule has 2 aliphatic rings. The van der Waals surface area contributed by atoms with Gasteiger partial charge in [-0.1, -0.05) is 6.42 Å². The second kappa shape index (κ2) is 7.73. The SMILES string of the molecule is Cc1c(C(=O)N2CCN(C(=O)C3CCC3)CC2)cnn1-c1ccc(C(F)(F)F)cn1. The van der Waals surface area contributed by atoms with E-state index in [2.05, 4.69) is 10.1 Å². The maximum absolute atomic E-state index is 12.9. The van der Waals surface area contributed by atoms with Crippen molar-refractivity contribution in [3.63, 3.8) is 0 Å². The molecule has 1 aliphatic carbocycles. The Bertz CT molecular complexity index is 942. The lowest BCUT2D eigenvalue weighted by molar-refractivity contribution is -0.139. The number of carbonyl (C=O) groups excluding carboxylic acids is 2. The highest BCUT2D eigenvalue weighted by Crippen LogP contribution is 2.30. The molecule has 4 rings (SSSR count). The number of carbonyl (C=O) groups is 2. The van der Waals surface area contributed by atoms with Crippen LogP contribution in [0, 0.1) is 12.8 Å². The number of piperazine rings is 1. The fourth-order valence-corrected chi connectivity index (χ4v) is 3.74. The van der Waals surface area contributed by atoms with E-state index in [4.69, 9.17) is 0 Å². The number of pyridine rings is 1. The zero-order valence-electron chi connectivity index (χ0n) is 16.5. The summed E-state index contributed by atoms with van der Waals surface area (Å²) in [6, 6.07) is 2.16. The van der Waals surface area contributed by atoms with Crippen LogP contribution in [0.1, 0.15) is 40.9 Å². The highest BCUT2D eigenvalue weighted by atomic mass is 19.4. The lowest BCUT2D eigenvalue weighted by Gasteiger charge is -2.38. The van der Waals surface area contributed by atoms with Gasteiger partial charge in [0.1, 0.15) is 0 Å². The molecule has 1 aliphatic heterocycles. The minimum absolute atomic E-state index is 0.143. The molecule has 0 aromatic carbocycles. The maximum Gasteiger partial charge on any atom is 0.417 e. The Morgan fingerprint density at radius 1 is 1.03 bits per heavy atom. The molecule has 160 valence electrons. The molecule has 0 bridgehead atoms. The second-order valence-corrected chi connectivity index (χ2v) is 7.70. The third kappa shape index (κ3) is 3.78. The molecule has 2 fully saturated rings. The summed E-state index contributed by atoms with van der Waals surface area (Å²) in [5.74, 6) is 0.326. The molecule has 0 N–H and O–H groups in total. The molecule has 2 aromatic rings. The molecule has 1 saturated heterocycles. The molecule has 30 heavy (non-hydrogen) atoms. The van der Waals surface area contributed by atoms with Gasteiger partial charge in [0.25, 0.3) is 5.91 Å². The molecule has 2 amide bonds. The van der Waals surface area contributed by atoms with E-state index in [0.717, 1.165) is 31.5 Å². The summed E-state index contributed by atoms with van der Waals surface area (Å²) in [5.41, 5.74) is 0.0253. The zero-order valence-corrected chi connectivity index (χ0v) is 16.5. The van der Waals surface area contributed by atoms with Crippen LogP contribution < -0.4 is 0 Å². The molecular weight excluding hydrogens is 399 g/mol. The first kappa shape index (κ1) is 20.4. The number of nitrogens with zero attached hydrogens (tertiary/aromatic N) is 5. The van der Waals surface area contributed by atoms with Crippen molar-refractivity contribution in [2.45, 2.75) is 32.4 Å². The third-order valence-electron chi connectivity index (χ3n) is 5.87. The van der Waals surface area contributed by atoms with Crippen molar-refractivity contribution >= 4 is 11.8 Å². The van der Waals surface area contributed by atoms with Gasteiger partial charge in [0.2, 0.25) is 5.91 Å². The Balaban J connectivity index is 1.43. The van der Waals surface area contributed by atoms with Crippen molar-refractivity contribution in [2.24, 2.45) is 5.92 Å². The number of hydrogen-bond acceptors (Lipinski definition) is 4. The fourth-order valence-electron chi connectivity index (χ4n) is 3.74. The molecule has 7 nitrogen and oxygen atoms in total. The van der Waals surface area contributed by atoms with Gasteiger partial charge in [-0.3, -0.25) is 9.59 Å². The van der Waals surface area contributed by atoms with Crippen LogP contribution in [0.4, 0.5) is 13.2 Å². The Morgan fingerprint density at radius 3 is 2.23 bits per heavy atom. The van der Waals surface area contributed by atoms with E-state index in [1.165, 1.54) is 16.9 Å². The molecule has 0 unspecified atom stereocenters. The van der Waals surface area contributed by atoms with Gasteiger partial charge in [-0.05, 0) is 31.9 Å². The lowest BCUT2D eigenvalue weighted by atomic mass is 9.84. The summed E-state index contributed by atoms with van der Waals surface area (Å²) in [6.07, 6.45) is 0.696. The molecule has 10 heteroatoms. The van der Waals surface area contributed by atoms with Gasteiger partial charge in [-0.25, -0.2) is 9.67 Å².